The monoisotopic (exact) mass is 407 g/mol. The van der Waals surface area contributed by atoms with Crippen LogP contribution in [-0.2, 0) is 13.0 Å². The predicted octanol–water partition coefficient (Wildman–Crippen LogP) is 5.24. The van der Waals surface area contributed by atoms with Crippen molar-refractivity contribution in [2.24, 2.45) is 0 Å². The van der Waals surface area contributed by atoms with Crippen LogP contribution in [0.1, 0.15) is 16.8 Å². The van der Waals surface area contributed by atoms with Crippen molar-refractivity contribution in [3.8, 4) is 22.8 Å². The maximum absolute atomic E-state index is 12.6. The number of alkyl halides is 2. The summed E-state index contributed by atoms with van der Waals surface area (Å²) >= 11 is 0. The van der Waals surface area contributed by atoms with Gasteiger partial charge in [-0.3, -0.25) is 5.10 Å². The molecule has 2 aromatic carbocycles. The number of rotatable bonds is 8. The minimum atomic E-state index is -2.89. The molecule has 0 radical (unpaired) electrons. The molecule has 2 aromatic heterocycles. The normalized spacial score (nSPS) is 10.9. The first-order valence-electron chi connectivity index (χ1n) is 9.37. The fourth-order valence-electron chi connectivity index (χ4n) is 3.05. The number of pyridine rings is 1. The van der Waals surface area contributed by atoms with Crippen molar-refractivity contribution in [3.63, 3.8) is 0 Å². The fraction of sp³-hybridized carbons (Fsp3) is 0.130. The zero-order chi connectivity index (χ0) is 20.8. The summed E-state index contributed by atoms with van der Waals surface area (Å²) in [5.41, 5.74) is 4.00. The van der Waals surface area contributed by atoms with Crippen LogP contribution in [-0.4, -0.2) is 21.8 Å². The lowest BCUT2D eigenvalue weighted by Gasteiger charge is -2.14. The number of nitrogens with zero attached hydrogens (tertiary/aromatic N) is 2. The highest BCUT2D eigenvalue weighted by atomic mass is 19.3. The molecule has 0 saturated heterocycles. The summed E-state index contributed by atoms with van der Waals surface area (Å²) in [5, 5.41) is 6.74. The molecule has 0 amide bonds. The second-order valence-corrected chi connectivity index (χ2v) is 6.61. The van der Waals surface area contributed by atoms with Crippen LogP contribution >= 0.6 is 0 Å². The fourth-order valence-corrected chi connectivity index (χ4v) is 3.05. The van der Waals surface area contributed by atoms with Crippen molar-refractivity contribution in [1.82, 2.24) is 15.2 Å². The number of ether oxygens (including phenoxy) is 2. The summed E-state index contributed by atoms with van der Waals surface area (Å²) in [7, 11) is 0. The summed E-state index contributed by atoms with van der Waals surface area (Å²) in [5.74, 6) is 0.627. The number of benzene rings is 2. The number of hydrogen-bond donors (Lipinski definition) is 1. The second-order valence-electron chi connectivity index (χ2n) is 6.61. The minimum absolute atomic E-state index is 0.0681. The zero-order valence-electron chi connectivity index (χ0n) is 16.0. The SMILES string of the molecule is FC(F)Oc1cccc(-c2nc(Cc3cn[nH]c3)ccc2OCc2ccccc2)c1. The van der Waals surface area contributed by atoms with E-state index in [1.165, 1.54) is 12.1 Å². The van der Waals surface area contributed by atoms with Gasteiger partial charge in [-0.15, -0.1) is 0 Å². The van der Waals surface area contributed by atoms with Crippen LogP contribution < -0.4 is 9.47 Å². The molecule has 0 unspecified atom stereocenters. The first kappa shape index (κ1) is 19.6. The second kappa shape index (κ2) is 9.17. The van der Waals surface area contributed by atoms with Crippen molar-refractivity contribution in [1.29, 1.82) is 0 Å². The maximum Gasteiger partial charge on any atom is 0.387 e. The molecule has 30 heavy (non-hydrogen) atoms. The lowest BCUT2D eigenvalue weighted by atomic mass is 10.1. The van der Waals surface area contributed by atoms with E-state index in [-0.39, 0.29) is 5.75 Å². The molecule has 0 aliphatic rings. The third-order valence-electron chi connectivity index (χ3n) is 4.43. The molecule has 0 bridgehead atoms. The van der Waals surface area contributed by atoms with E-state index in [1.54, 1.807) is 24.5 Å². The van der Waals surface area contributed by atoms with Gasteiger partial charge in [0.1, 0.15) is 23.8 Å². The average molecular weight is 407 g/mol. The van der Waals surface area contributed by atoms with Crippen molar-refractivity contribution >= 4 is 0 Å². The summed E-state index contributed by atoms with van der Waals surface area (Å²) in [6.45, 7) is -2.53. The van der Waals surface area contributed by atoms with E-state index < -0.39 is 6.61 Å². The maximum atomic E-state index is 12.6. The number of aromatic nitrogens is 3. The van der Waals surface area contributed by atoms with Gasteiger partial charge in [0.2, 0.25) is 0 Å². The van der Waals surface area contributed by atoms with Gasteiger partial charge in [0.15, 0.2) is 0 Å². The standard InChI is InChI=1S/C23H19F2N3O2/c24-23(25)30-20-8-4-7-18(12-20)22-21(29-15-16-5-2-1-3-6-16)10-9-19(28-22)11-17-13-26-27-14-17/h1-10,12-14,23H,11,15H2,(H,26,27). The first-order chi connectivity index (χ1) is 14.7. The molecule has 0 aliphatic carbocycles. The zero-order valence-corrected chi connectivity index (χ0v) is 16.0. The highest BCUT2D eigenvalue weighted by Crippen LogP contribution is 2.32. The number of nitrogens with one attached hydrogen (secondary N) is 1. The number of aromatic amines is 1. The number of H-pyrrole nitrogens is 1. The molecule has 0 saturated carbocycles. The summed E-state index contributed by atoms with van der Waals surface area (Å²) < 4.78 is 35.9. The van der Waals surface area contributed by atoms with Crippen molar-refractivity contribution in [2.75, 3.05) is 0 Å². The molecular weight excluding hydrogens is 388 g/mol. The van der Waals surface area contributed by atoms with E-state index in [4.69, 9.17) is 9.72 Å². The Hall–Kier alpha value is -3.74. The highest BCUT2D eigenvalue weighted by molar-refractivity contribution is 5.68. The third-order valence-corrected chi connectivity index (χ3v) is 4.43. The van der Waals surface area contributed by atoms with Gasteiger partial charge in [0.05, 0.1) is 6.20 Å². The smallest absolute Gasteiger partial charge is 0.387 e. The first-order valence-corrected chi connectivity index (χ1v) is 9.37. The Kier molecular flexibility index (Phi) is 5.98. The van der Waals surface area contributed by atoms with Gasteiger partial charge in [-0.25, -0.2) is 4.98 Å². The van der Waals surface area contributed by atoms with E-state index in [0.29, 0.717) is 30.0 Å². The van der Waals surface area contributed by atoms with Crippen molar-refractivity contribution in [2.45, 2.75) is 19.6 Å². The Labute approximate surface area is 172 Å². The molecule has 7 heteroatoms. The van der Waals surface area contributed by atoms with Gasteiger partial charge in [0.25, 0.3) is 0 Å². The molecule has 2 heterocycles. The Morgan fingerprint density at radius 3 is 2.57 bits per heavy atom. The molecular formula is C23H19F2N3O2. The van der Waals surface area contributed by atoms with E-state index in [2.05, 4.69) is 14.9 Å². The number of hydrogen-bond acceptors (Lipinski definition) is 4. The minimum Gasteiger partial charge on any atom is -0.487 e. The quantitative estimate of drug-likeness (QED) is 0.434. The summed E-state index contributed by atoms with van der Waals surface area (Å²) in [4.78, 5) is 4.74. The van der Waals surface area contributed by atoms with E-state index in [9.17, 15) is 8.78 Å². The Morgan fingerprint density at radius 1 is 0.933 bits per heavy atom. The van der Waals surface area contributed by atoms with Gasteiger partial charge >= 0.3 is 6.61 Å². The molecule has 0 atom stereocenters. The van der Waals surface area contributed by atoms with Crippen LogP contribution in [0.2, 0.25) is 0 Å². The van der Waals surface area contributed by atoms with E-state index >= 15 is 0 Å². The van der Waals surface area contributed by atoms with Crippen LogP contribution in [0, 0.1) is 0 Å². The summed E-state index contributed by atoms with van der Waals surface area (Å²) in [6, 6.07) is 20.0. The van der Waals surface area contributed by atoms with Crippen LogP contribution in [0.5, 0.6) is 11.5 Å². The van der Waals surface area contributed by atoms with Gasteiger partial charge in [-0.05, 0) is 35.4 Å². The highest BCUT2D eigenvalue weighted by Gasteiger charge is 2.13. The van der Waals surface area contributed by atoms with Gasteiger partial charge < -0.3 is 9.47 Å². The predicted molar refractivity (Wildman–Crippen MR) is 108 cm³/mol. The van der Waals surface area contributed by atoms with Gasteiger partial charge in [-0.1, -0.05) is 42.5 Å². The van der Waals surface area contributed by atoms with Gasteiger partial charge in [-0.2, -0.15) is 13.9 Å². The molecule has 5 nitrogen and oxygen atoms in total. The molecule has 4 rings (SSSR count). The Bertz CT molecular complexity index is 1090. The Balaban J connectivity index is 1.66. The van der Waals surface area contributed by atoms with Gasteiger partial charge in [0, 0.05) is 23.9 Å². The van der Waals surface area contributed by atoms with E-state index in [0.717, 1.165) is 16.8 Å². The number of halogens is 2. The molecule has 152 valence electrons. The van der Waals surface area contributed by atoms with E-state index in [1.807, 2.05) is 42.5 Å². The molecule has 4 aromatic rings. The lowest BCUT2D eigenvalue weighted by molar-refractivity contribution is -0.0498. The van der Waals surface area contributed by atoms with Crippen LogP contribution in [0.15, 0.2) is 79.1 Å². The third kappa shape index (κ3) is 5.00. The molecule has 0 aliphatic heterocycles. The molecule has 0 fully saturated rings. The van der Waals surface area contributed by atoms with Crippen molar-refractivity contribution in [3.05, 3.63) is 95.9 Å². The molecule has 1 N–H and O–H groups in total. The average Bonchev–Trinajstić information content (AvgIpc) is 3.26. The summed E-state index contributed by atoms with van der Waals surface area (Å²) in [6.07, 6.45) is 4.12. The lowest BCUT2D eigenvalue weighted by Crippen LogP contribution is -2.03. The molecule has 0 spiro atoms. The largest absolute Gasteiger partial charge is 0.487 e. The Morgan fingerprint density at radius 2 is 1.80 bits per heavy atom. The van der Waals surface area contributed by atoms with Crippen LogP contribution in [0.25, 0.3) is 11.3 Å². The van der Waals surface area contributed by atoms with Crippen LogP contribution in [0.4, 0.5) is 8.78 Å². The van der Waals surface area contributed by atoms with Crippen molar-refractivity contribution < 1.29 is 18.3 Å². The van der Waals surface area contributed by atoms with Crippen LogP contribution in [0.3, 0.4) is 0 Å². The topological polar surface area (TPSA) is 60.0 Å².